The van der Waals surface area contributed by atoms with Crippen LogP contribution in [0.3, 0.4) is 0 Å². The Labute approximate surface area is 112 Å². The van der Waals surface area contributed by atoms with Crippen molar-refractivity contribution in [1.29, 1.82) is 0 Å². The molecule has 1 aromatic rings. The normalized spacial score (nSPS) is 21.0. The van der Waals surface area contributed by atoms with Crippen molar-refractivity contribution >= 4 is 0 Å². The van der Waals surface area contributed by atoms with Crippen molar-refractivity contribution in [2.45, 2.75) is 48.1 Å². The van der Waals surface area contributed by atoms with Crippen LogP contribution in [0.15, 0.2) is 18.2 Å². The molecule has 1 N–H and O–H groups in total. The summed E-state index contributed by atoms with van der Waals surface area (Å²) in [6, 6.07) is 6.72. The summed E-state index contributed by atoms with van der Waals surface area (Å²) in [4.78, 5) is 0. The summed E-state index contributed by atoms with van der Waals surface area (Å²) in [7, 11) is 0. The highest BCUT2D eigenvalue weighted by Gasteiger charge is 2.63. The van der Waals surface area contributed by atoms with E-state index in [1.54, 1.807) is 0 Å². The number of aryl methyl sites for hydroxylation is 2. The summed E-state index contributed by atoms with van der Waals surface area (Å²) in [5.74, 6) is 0.802. The molecule has 1 heteroatoms. The van der Waals surface area contributed by atoms with Gasteiger partial charge in [0.15, 0.2) is 0 Å². The third kappa shape index (κ3) is 2.21. The average molecular weight is 245 g/mol. The van der Waals surface area contributed by atoms with Gasteiger partial charge in [-0.25, -0.2) is 0 Å². The first-order valence-electron chi connectivity index (χ1n) is 7.03. The molecule has 0 spiro atoms. The van der Waals surface area contributed by atoms with Crippen LogP contribution in [0, 0.1) is 30.6 Å². The van der Waals surface area contributed by atoms with Crippen LogP contribution in [0.4, 0.5) is 0 Å². The molecule has 0 aliphatic heterocycles. The fourth-order valence-corrected chi connectivity index (χ4v) is 3.24. The van der Waals surface area contributed by atoms with Gasteiger partial charge in [-0.1, -0.05) is 51.5 Å². The Hall–Kier alpha value is -0.820. The van der Waals surface area contributed by atoms with Crippen LogP contribution in [0.5, 0.6) is 0 Å². The number of nitrogens with one attached hydrogen (secondary N) is 1. The lowest BCUT2D eigenvalue weighted by Gasteiger charge is -2.09. The predicted octanol–water partition coefficient (Wildman–Crippen LogP) is 4.08. The van der Waals surface area contributed by atoms with Gasteiger partial charge in [0.25, 0.3) is 0 Å². The number of rotatable bonds is 4. The van der Waals surface area contributed by atoms with E-state index in [4.69, 9.17) is 0 Å². The molecular weight excluding hydrogens is 218 g/mol. The topological polar surface area (TPSA) is 12.0 Å². The van der Waals surface area contributed by atoms with Crippen LogP contribution >= 0.6 is 0 Å². The zero-order valence-corrected chi connectivity index (χ0v) is 12.7. The van der Waals surface area contributed by atoms with Crippen LogP contribution in [-0.2, 0) is 6.54 Å². The molecule has 0 unspecified atom stereocenters. The molecule has 18 heavy (non-hydrogen) atoms. The van der Waals surface area contributed by atoms with E-state index < -0.39 is 0 Å². The second-order valence-electron chi connectivity index (χ2n) is 7.06. The summed E-state index contributed by atoms with van der Waals surface area (Å²) in [5, 5.41) is 3.64. The minimum Gasteiger partial charge on any atom is -0.312 e. The number of hydrogen-bond acceptors (Lipinski definition) is 1. The summed E-state index contributed by atoms with van der Waals surface area (Å²) in [6.45, 7) is 16.0. The molecule has 1 aromatic carbocycles. The molecule has 0 aromatic heterocycles. The van der Waals surface area contributed by atoms with Gasteiger partial charge in [0.05, 0.1) is 0 Å². The quantitative estimate of drug-likeness (QED) is 0.843. The Kier molecular flexibility index (Phi) is 3.31. The van der Waals surface area contributed by atoms with Gasteiger partial charge in [-0.15, -0.1) is 0 Å². The first kappa shape index (κ1) is 13.6. The van der Waals surface area contributed by atoms with Gasteiger partial charge < -0.3 is 5.32 Å². The Morgan fingerprint density at radius 3 is 2.17 bits per heavy atom. The maximum absolute atomic E-state index is 3.64. The van der Waals surface area contributed by atoms with Crippen LogP contribution in [0.1, 0.15) is 44.4 Å². The minimum atomic E-state index is 0.488. The maximum atomic E-state index is 3.64. The minimum absolute atomic E-state index is 0.488. The Morgan fingerprint density at radius 1 is 1.06 bits per heavy atom. The van der Waals surface area contributed by atoms with Gasteiger partial charge in [-0.05, 0) is 48.3 Å². The Bertz CT molecular complexity index is 429. The lowest BCUT2D eigenvalue weighted by Crippen LogP contribution is -2.19. The van der Waals surface area contributed by atoms with Gasteiger partial charge in [-0.3, -0.25) is 0 Å². The van der Waals surface area contributed by atoms with E-state index in [0.29, 0.717) is 10.8 Å². The first-order valence-corrected chi connectivity index (χ1v) is 7.03. The highest BCUT2D eigenvalue weighted by atomic mass is 14.9. The van der Waals surface area contributed by atoms with Crippen molar-refractivity contribution in [2.24, 2.45) is 16.7 Å². The number of hydrogen-bond donors (Lipinski definition) is 1. The Balaban J connectivity index is 1.87. The summed E-state index contributed by atoms with van der Waals surface area (Å²) in [5.41, 5.74) is 5.15. The lowest BCUT2D eigenvalue weighted by atomic mass is 10.0. The third-order valence-electron chi connectivity index (χ3n) is 5.48. The van der Waals surface area contributed by atoms with Crippen molar-refractivity contribution in [2.75, 3.05) is 6.54 Å². The number of benzene rings is 1. The summed E-state index contributed by atoms with van der Waals surface area (Å²) >= 11 is 0. The largest absolute Gasteiger partial charge is 0.312 e. The molecular formula is C17H27N. The van der Waals surface area contributed by atoms with E-state index in [0.717, 1.165) is 19.0 Å². The second kappa shape index (κ2) is 4.38. The second-order valence-corrected chi connectivity index (χ2v) is 7.06. The van der Waals surface area contributed by atoms with Crippen molar-refractivity contribution in [3.8, 4) is 0 Å². The lowest BCUT2D eigenvalue weighted by molar-refractivity contribution is 0.457. The van der Waals surface area contributed by atoms with Crippen LogP contribution < -0.4 is 5.32 Å². The van der Waals surface area contributed by atoms with E-state index >= 15 is 0 Å². The predicted molar refractivity (Wildman–Crippen MR) is 78.7 cm³/mol. The van der Waals surface area contributed by atoms with Gasteiger partial charge in [-0.2, -0.15) is 0 Å². The van der Waals surface area contributed by atoms with Gasteiger partial charge >= 0.3 is 0 Å². The molecule has 2 rings (SSSR count). The van der Waals surface area contributed by atoms with Gasteiger partial charge in [0, 0.05) is 6.54 Å². The molecule has 0 radical (unpaired) electrons. The summed E-state index contributed by atoms with van der Waals surface area (Å²) < 4.78 is 0. The van der Waals surface area contributed by atoms with Crippen LogP contribution in [0.2, 0.25) is 0 Å². The average Bonchev–Trinajstić information content (AvgIpc) is 2.63. The van der Waals surface area contributed by atoms with Gasteiger partial charge in [0.2, 0.25) is 0 Å². The zero-order valence-electron chi connectivity index (χ0n) is 12.7. The summed E-state index contributed by atoms with van der Waals surface area (Å²) in [6.07, 6.45) is 0. The van der Waals surface area contributed by atoms with Crippen molar-refractivity contribution in [1.82, 2.24) is 5.32 Å². The van der Waals surface area contributed by atoms with Crippen LogP contribution in [-0.4, -0.2) is 6.54 Å². The molecule has 1 saturated carbocycles. The van der Waals surface area contributed by atoms with E-state index in [9.17, 15) is 0 Å². The SMILES string of the molecule is Cc1ccc(CNCC2C(C)(C)C2(C)C)c(C)c1. The fourth-order valence-electron chi connectivity index (χ4n) is 3.24. The smallest absolute Gasteiger partial charge is 0.0208 e. The molecule has 0 saturated heterocycles. The molecule has 100 valence electrons. The van der Waals surface area contributed by atoms with Crippen molar-refractivity contribution in [3.05, 3.63) is 34.9 Å². The fraction of sp³-hybridized carbons (Fsp3) is 0.647. The highest BCUT2D eigenvalue weighted by molar-refractivity contribution is 5.30. The van der Waals surface area contributed by atoms with Gasteiger partial charge in [0.1, 0.15) is 0 Å². The van der Waals surface area contributed by atoms with E-state index in [-0.39, 0.29) is 0 Å². The first-order chi connectivity index (χ1) is 8.26. The van der Waals surface area contributed by atoms with Crippen molar-refractivity contribution < 1.29 is 0 Å². The molecule has 1 aliphatic carbocycles. The molecule has 1 fully saturated rings. The zero-order chi connectivity index (χ0) is 13.6. The molecule has 1 nitrogen and oxygen atoms in total. The van der Waals surface area contributed by atoms with E-state index in [2.05, 4.69) is 65.1 Å². The van der Waals surface area contributed by atoms with E-state index in [1.165, 1.54) is 16.7 Å². The standard InChI is InChI=1S/C17H27N/c1-12-7-8-14(13(2)9-12)10-18-11-15-16(3,4)17(15,5)6/h7-9,15,18H,10-11H2,1-6H3. The molecule has 1 aliphatic rings. The van der Waals surface area contributed by atoms with Crippen molar-refractivity contribution in [3.63, 3.8) is 0 Å². The monoisotopic (exact) mass is 245 g/mol. The molecule has 0 heterocycles. The Morgan fingerprint density at radius 2 is 1.67 bits per heavy atom. The maximum Gasteiger partial charge on any atom is 0.0208 e. The van der Waals surface area contributed by atoms with E-state index in [1.807, 2.05) is 0 Å². The molecule has 0 bridgehead atoms. The highest BCUT2D eigenvalue weighted by Crippen LogP contribution is 2.67. The third-order valence-corrected chi connectivity index (χ3v) is 5.48. The molecule has 0 atom stereocenters. The molecule has 0 amide bonds. The van der Waals surface area contributed by atoms with Crippen LogP contribution in [0.25, 0.3) is 0 Å².